The molecule has 3 atom stereocenters. The van der Waals surface area contributed by atoms with Crippen molar-refractivity contribution in [2.24, 2.45) is 11.8 Å². The van der Waals surface area contributed by atoms with Crippen molar-refractivity contribution in [1.29, 1.82) is 5.26 Å². The van der Waals surface area contributed by atoms with Crippen molar-refractivity contribution >= 4 is 17.5 Å². The molecule has 1 aromatic rings. The summed E-state index contributed by atoms with van der Waals surface area (Å²) in [4.78, 5) is 15.5. The van der Waals surface area contributed by atoms with Gasteiger partial charge in [-0.2, -0.15) is 5.26 Å². The Balaban J connectivity index is 1.48. The Hall–Kier alpha value is -2.55. The summed E-state index contributed by atoms with van der Waals surface area (Å²) in [6.45, 7) is 4.01. The number of nitriles is 1. The molecule has 1 aliphatic carbocycles. The number of halogens is 1. The lowest BCUT2D eigenvalue weighted by atomic mass is 9.99. The van der Waals surface area contributed by atoms with E-state index in [9.17, 15) is 9.18 Å². The molecule has 0 spiro atoms. The number of cyclic esters (lactones) is 1. The highest BCUT2D eigenvalue weighted by molar-refractivity contribution is 5.90. The summed E-state index contributed by atoms with van der Waals surface area (Å²) < 4.78 is 20.0. The van der Waals surface area contributed by atoms with Crippen LogP contribution < -0.4 is 9.80 Å². The molecule has 0 radical (unpaired) electrons. The van der Waals surface area contributed by atoms with Crippen molar-refractivity contribution in [3.8, 4) is 6.07 Å². The van der Waals surface area contributed by atoms with Crippen LogP contribution in [0.1, 0.15) is 26.2 Å². The second-order valence-electron chi connectivity index (χ2n) is 7.35. The fourth-order valence-electron chi connectivity index (χ4n) is 4.30. The van der Waals surface area contributed by atoms with Gasteiger partial charge in [-0.3, -0.25) is 4.90 Å². The van der Waals surface area contributed by atoms with E-state index in [2.05, 4.69) is 17.0 Å². The van der Waals surface area contributed by atoms with Gasteiger partial charge < -0.3 is 9.64 Å². The van der Waals surface area contributed by atoms with E-state index in [1.54, 1.807) is 12.1 Å². The van der Waals surface area contributed by atoms with Crippen LogP contribution in [-0.4, -0.2) is 31.8 Å². The molecule has 2 unspecified atom stereocenters. The average molecular weight is 355 g/mol. The van der Waals surface area contributed by atoms with Crippen molar-refractivity contribution < 1.29 is 13.9 Å². The van der Waals surface area contributed by atoms with Crippen molar-refractivity contribution in [1.82, 2.24) is 0 Å². The molecule has 136 valence electrons. The quantitative estimate of drug-likeness (QED) is 0.770. The van der Waals surface area contributed by atoms with Crippen LogP contribution >= 0.6 is 0 Å². The number of fused-ring (bicyclic) bond motifs is 1. The van der Waals surface area contributed by atoms with Gasteiger partial charge in [-0.1, -0.05) is 18.6 Å². The monoisotopic (exact) mass is 355 g/mol. The standard InChI is InChI=1S/C20H22FN3O2/c1-2-17-12-24(20(25)26-17)16-3-4-19(18(21)9-16)23-10-14-7-13(5-6-22)8-15(14)11-23/h3-4,7,9,14-15,17H,2,5,8,10-12H2,1H3/t14?,15?,17-/m0/s1. The second kappa shape index (κ2) is 6.64. The third kappa shape index (κ3) is 2.92. The number of rotatable bonds is 4. The van der Waals surface area contributed by atoms with Crippen LogP contribution in [0.25, 0.3) is 0 Å². The predicted molar refractivity (Wildman–Crippen MR) is 96.4 cm³/mol. The molecule has 2 aliphatic heterocycles. The summed E-state index contributed by atoms with van der Waals surface area (Å²) in [5, 5.41) is 8.84. The number of hydrogen-bond donors (Lipinski definition) is 0. The van der Waals surface area contributed by atoms with Gasteiger partial charge in [-0.25, -0.2) is 9.18 Å². The normalized spacial score (nSPS) is 27.3. The molecule has 26 heavy (non-hydrogen) atoms. The average Bonchev–Trinajstić information content (AvgIpc) is 3.27. The van der Waals surface area contributed by atoms with Crippen LogP contribution in [0.4, 0.5) is 20.6 Å². The SMILES string of the molecule is CC[C@H]1CN(c2ccc(N3CC4C=C(CC#N)CC4C3)c(F)c2)C(=O)O1. The van der Waals surface area contributed by atoms with E-state index in [-0.39, 0.29) is 11.9 Å². The van der Waals surface area contributed by atoms with E-state index in [4.69, 9.17) is 10.00 Å². The topological polar surface area (TPSA) is 56.6 Å². The Kier molecular flexibility index (Phi) is 4.31. The Morgan fingerprint density at radius 1 is 1.35 bits per heavy atom. The molecule has 4 rings (SSSR count). The Bertz CT molecular complexity index is 801. The van der Waals surface area contributed by atoms with Gasteiger partial charge in [0, 0.05) is 13.1 Å². The highest BCUT2D eigenvalue weighted by atomic mass is 19.1. The molecule has 1 amide bonds. The van der Waals surface area contributed by atoms with Crippen LogP contribution in [-0.2, 0) is 4.74 Å². The number of hydrogen-bond acceptors (Lipinski definition) is 4. The molecule has 0 aromatic heterocycles. The zero-order chi connectivity index (χ0) is 18.3. The van der Waals surface area contributed by atoms with Gasteiger partial charge in [0.1, 0.15) is 11.9 Å². The molecule has 3 aliphatic rings. The lowest BCUT2D eigenvalue weighted by molar-refractivity contribution is 0.139. The first kappa shape index (κ1) is 16.9. The van der Waals surface area contributed by atoms with E-state index in [0.717, 1.165) is 25.9 Å². The number of ether oxygens (including phenoxy) is 1. The van der Waals surface area contributed by atoms with Gasteiger partial charge in [-0.15, -0.1) is 0 Å². The molecular formula is C20H22FN3O2. The van der Waals surface area contributed by atoms with E-state index in [1.165, 1.54) is 16.5 Å². The van der Waals surface area contributed by atoms with Gasteiger partial charge in [0.15, 0.2) is 0 Å². The van der Waals surface area contributed by atoms with Gasteiger partial charge in [0.2, 0.25) is 0 Å². The molecule has 2 fully saturated rings. The highest BCUT2D eigenvalue weighted by Gasteiger charge is 2.37. The minimum atomic E-state index is -0.408. The van der Waals surface area contributed by atoms with E-state index >= 15 is 0 Å². The summed E-state index contributed by atoms with van der Waals surface area (Å²) in [6, 6.07) is 7.20. The number of nitrogens with zero attached hydrogens (tertiary/aromatic N) is 3. The number of anilines is 2. The Labute approximate surface area is 152 Å². The molecule has 0 bridgehead atoms. The molecular weight excluding hydrogens is 333 g/mol. The van der Waals surface area contributed by atoms with E-state index < -0.39 is 6.09 Å². The van der Waals surface area contributed by atoms with Gasteiger partial charge in [-0.05, 0) is 42.9 Å². The lowest BCUT2D eigenvalue weighted by Gasteiger charge is -2.22. The molecule has 5 nitrogen and oxygen atoms in total. The first-order valence-electron chi connectivity index (χ1n) is 9.18. The van der Waals surface area contributed by atoms with E-state index in [1.807, 2.05) is 6.92 Å². The fraction of sp³-hybridized carbons (Fsp3) is 0.500. The van der Waals surface area contributed by atoms with Crippen LogP contribution in [0.3, 0.4) is 0 Å². The highest BCUT2D eigenvalue weighted by Crippen LogP contribution is 2.40. The van der Waals surface area contributed by atoms with Crippen LogP contribution in [0.5, 0.6) is 0 Å². The summed E-state index contributed by atoms with van der Waals surface area (Å²) in [5.74, 6) is 0.559. The summed E-state index contributed by atoms with van der Waals surface area (Å²) in [7, 11) is 0. The van der Waals surface area contributed by atoms with Crippen LogP contribution in [0.2, 0.25) is 0 Å². The number of allylic oxidation sites excluding steroid dienone is 1. The molecule has 0 saturated carbocycles. The maximum atomic E-state index is 14.8. The van der Waals surface area contributed by atoms with Crippen LogP contribution in [0, 0.1) is 29.0 Å². The maximum Gasteiger partial charge on any atom is 0.414 e. The third-order valence-corrected chi connectivity index (χ3v) is 5.68. The van der Waals surface area contributed by atoms with Crippen molar-refractivity contribution in [3.05, 3.63) is 35.7 Å². The maximum absolute atomic E-state index is 14.8. The van der Waals surface area contributed by atoms with Crippen molar-refractivity contribution in [3.63, 3.8) is 0 Å². The Morgan fingerprint density at radius 2 is 2.19 bits per heavy atom. The smallest absolute Gasteiger partial charge is 0.414 e. The molecule has 6 heteroatoms. The molecule has 1 aromatic carbocycles. The summed E-state index contributed by atoms with van der Waals surface area (Å²) in [5.41, 5.74) is 2.34. The summed E-state index contributed by atoms with van der Waals surface area (Å²) in [6.07, 6.45) is 3.85. The van der Waals surface area contributed by atoms with Crippen LogP contribution in [0.15, 0.2) is 29.8 Å². The van der Waals surface area contributed by atoms with Crippen molar-refractivity contribution in [2.75, 3.05) is 29.4 Å². The predicted octanol–water partition coefficient (Wildman–Crippen LogP) is 3.86. The first-order valence-corrected chi connectivity index (χ1v) is 9.18. The number of carbonyl (C=O) groups excluding carboxylic acids is 1. The zero-order valence-electron chi connectivity index (χ0n) is 14.8. The van der Waals surface area contributed by atoms with Crippen molar-refractivity contribution in [2.45, 2.75) is 32.3 Å². The fourth-order valence-corrected chi connectivity index (χ4v) is 4.30. The minimum absolute atomic E-state index is 0.127. The van der Waals surface area contributed by atoms with Gasteiger partial charge in [0.25, 0.3) is 0 Å². The van der Waals surface area contributed by atoms with Gasteiger partial charge >= 0.3 is 6.09 Å². The number of benzene rings is 1. The number of amides is 1. The third-order valence-electron chi connectivity index (χ3n) is 5.68. The molecule has 2 heterocycles. The molecule has 2 saturated heterocycles. The minimum Gasteiger partial charge on any atom is -0.444 e. The van der Waals surface area contributed by atoms with E-state index in [0.29, 0.717) is 36.2 Å². The largest absolute Gasteiger partial charge is 0.444 e. The Morgan fingerprint density at radius 3 is 2.85 bits per heavy atom. The summed E-state index contributed by atoms with van der Waals surface area (Å²) >= 11 is 0. The number of carbonyl (C=O) groups is 1. The first-order chi connectivity index (χ1) is 12.6. The second-order valence-corrected chi connectivity index (χ2v) is 7.35. The lowest BCUT2D eigenvalue weighted by Crippen LogP contribution is -2.25. The van der Waals surface area contributed by atoms with Gasteiger partial charge in [0.05, 0.1) is 30.4 Å². The molecule has 0 N–H and O–H groups in total. The zero-order valence-corrected chi connectivity index (χ0v) is 14.8.